The molecule has 3 rings (SSSR count). The molecule has 2 amide bonds. The fourth-order valence-corrected chi connectivity index (χ4v) is 4.26. The third kappa shape index (κ3) is 5.06. The SMILES string of the molecule is COC(=O)Cc1csc(NC(=O)COC(=O)[C@@H]2CC(=O)N(C3CCCC3)C2)n1. The van der Waals surface area contributed by atoms with Crippen molar-refractivity contribution in [2.45, 2.75) is 44.6 Å². The molecule has 2 aliphatic rings. The van der Waals surface area contributed by atoms with E-state index < -0.39 is 30.4 Å². The van der Waals surface area contributed by atoms with E-state index in [1.807, 2.05) is 0 Å². The molecule has 1 atom stereocenters. The number of ether oxygens (including phenoxy) is 2. The Morgan fingerprint density at radius 2 is 2.07 bits per heavy atom. The van der Waals surface area contributed by atoms with Crippen molar-refractivity contribution in [2.24, 2.45) is 5.92 Å². The second kappa shape index (κ2) is 9.13. The molecule has 28 heavy (non-hydrogen) atoms. The van der Waals surface area contributed by atoms with Crippen LogP contribution in [0.1, 0.15) is 37.8 Å². The van der Waals surface area contributed by atoms with E-state index in [2.05, 4.69) is 15.0 Å². The zero-order valence-electron chi connectivity index (χ0n) is 15.6. The molecule has 1 aromatic rings. The van der Waals surface area contributed by atoms with Crippen LogP contribution in [-0.4, -0.2) is 59.9 Å². The third-order valence-electron chi connectivity index (χ3n) is 4.95. The van der Waals surface area contributed by atoms with Gasteiger partial charge in [-0.3, -0.25) is 24.5 Å². The molecular weight excluding hydrogens is 386 g/mol. The van der Waals surface area contributed by atoms with E-state index in [0.29, 0.717) is 17.4 Å². The number of nitrogens with one attached hydrogen (secondary N) is 1. The van der Waals surface area contributed by atoms with Crippen molar-refractivity contribution in [1.82, 2.24) is 9.88 Å². The zero-order valence-corrected chi connectivity index (χ0v) is 16.5. The lowest BCUT2D eigenvalue weighted by Crippen LogP contribution is -2.35. The summed E-state index contributed by atoms with van der Waals surface area (Å²) >= 11 is 1.16. The Morgan fingerprint density at radius 3 is 2.79 bits per heavy atom. The average molecular weight is 409 g/mol. The maximum Gasteiger partial charge on any atom is 0.311 e. The van der Waals surface area contributed by atoms with Crippen LogP contribution in [-0.2, 0) is 35.1 Å². The number of thiazole rings is 1. The molecule has 152 valence electrons. The first-order chi connectivity index (χ1) is 13.5. The lowest BCUT2D eigenvalue weighted by atomic mass is 10.1. The van der Waals surface area contributed by atoms with Gasteiger partial charge in [0.2, 0.25) is 5.91 Å². The first kappa shape index (κ1) is 20.2. The van der Waals surface area contributed by atoms with Gasteiger partial charge in [-0.1, -0.05) is 12.8 Å². The van der Waals surface area contributed by atoms with Gasteiger partial charge in [-0.25, -0.2) is 4.98 Å². The molecule has 1 aliphatic carbocycles. The smallest absolute Gasteiger partial charge is 0.311 e. The van der Waals surface area contributed by atoms with E-state index in [4.69, 9.17) is 4.74 Å². The summed E-state index contributed by atoms with van der Waals surface area (Å²) in [7, 11) is 1.29. The predicted octanol–water partition coefficient (Wildman–Crippen LogP) is 1.13. The van der Waals surface area contributed by atoms with Crippen molar-refractivity contribution in [3.8, 4) is 0 Å². The van der Waals surface area contributed by atoms with Crippen LogP contribution in [0.5, 0.6) is 0 Å². The monoisotopic (exact) mass is 409 g/mol. The van der Waals surface area contributed by atoms with E-state index in [1.54, 1.807) is 10.3 Å². The van der Waals surface area contributed by atoms with Gasteiger partial charge in [0.05, 0.1) is 25.1 Å². The van der Waals surface area contributed by atoms with Gasteiger partial charge < -0.3 is 14.4 Å². The Morgan fingerprint density at radius 1 is 1.32 bits per heavy atom. The Balaban J connectivity index is 1.42. The van der Waals surface area contributed by atoms with Crippen LogP contribution in [0.25, 0.3) is 0 Å². The van der Waals surface area contributed by atoms with Gasteiger partial charge in [-0.2, -0.15) is 0 Å². The molecule has 0 spiro atoms. The molecule has 1 N–H and O–H groups in total. The first-order valence-corrected chi connectivity index (χ1v) is 10.1. The lowest BCUT2D eigenvalue weighted by molar-refractivity contribution is -0.151. The molecule has 0 aromatic carbocycles. The van der Waals surface area contributed by atoms with Crippen LogP contribution < -0.4 is 5.32 Å². The molecular formula is C18H23N3O6S. The second-order valence-corrected chi connectivity index (χ2v) is 7.80. The summed E-state index contributed by atoms with van der Waals surface area (Å²) < 4.78 is 9.64. The predicted molar refractivity (Wildman–Crippen MR) is 99.5 cm³/mol. The summed E-state index contributed by atoms with van der Waals surface area (Å²) in [6.45, 7) is -0.0772. The van der Waals surface area contributed by atoms with Gasteiger partial charge in [0.25, 0.3) is 5.91 Å². The summed E-state index contributed by atoms with van der Waals surface area (Å²) in [5.41, 5.74) is 0.487. The van der Waals surface area contributed by atoms with Crippen LogP contribution in [0.2, 0.25) is 0 Å². The van der Waals surface area contributed by atoms with Gasteiger partial charge in [0.1, 0.15) is 0 Å². The number of carbonyl (C=O) groups is 4. The molecule has 1 saturated carbocycles. The van der Waals surface area contributed by atoms with Crippen molar-refractivity contribution in [3.63, 3.8) is 0 Å². The Labute approximate surface area is 166 Å². The largest absolute Gasteiger partial charge is 0.469 e. The highest BCUT2D eigenvalue weighted by atomic mass is 32.1. The number of rotatable bonds is 7. The van der Waals surface area contributed by atoms with E-state index in [0.717, 1.165) is 37.0 Å². The van der Waals surface area contributed by atoms with Crippen molar-refractivity contribution < 1.29 is 28.7 Å². The van der Waals surface area contributed by atoms with Crippen molar-refractivity contribution >= 4 is 40.2 Å². The third-order valence-corrected chi connectivity index (χ3v) is 5.76. The summed E-state index contributed by atoms with van der Waals surface area (Å²) in [5, 5.41) is 4.47. The Hall–Kier alpha value is -2.49. The van der Waals surface area contributed by atoms with Gasteiger partial charge in [0.15, 0.2) is 11.7 Å². The molecule has 1 saturated heterocycles. The molecule has 1 aliphatic heterocycles. The number of amides is 2. The van der Waals surface area contributed by atoms with Crippen LogP contribution in [0, 0.1) is 5.92 Å². The molecule has 2 heterocycles. The van der Waals surface area contributed by atoms with Crippen LogP contribution >= 0.6 is 11.3 Å². The molecule has 0 bridgehead atoms. The van der Waals surface area contributed by atoms with E-state index in [-0.39, 0.29) is 24.8 Å². The van der Waals surface area contributed by atoms with Gasteiger partial charge in [-0.15, -0.1) is 11.3 Å². The van der Waals surface area contributed by atoms with E-state index in [9.17, 15) is 19.2 Å². The Kier molecular flexibility index (Phi) is 6.61. The minimum absolute atomic E-state index is 0.0146. The summed E-state index contributed by atoms with van der Waals surface area (Å²) in [6.07, 6.45) is 4.36. The molecule has 9 nitrogen and oxygen atoms in total. The summed E-state index contributed by atoms with van der Waals surface area (Å²) in [6, 6.07) is 0.234. The quantitative estimate of drug-likeness (QED) is 0.671. The molecule has 0 unspecified atom stereocenters. The number of methoxy groups -OCH3 is 1. The standard InChI is InChI=1S/C18H23N3O6S/c1-26-16(24)7-12-10-28-18(19-12)20-14(22)9-27-17(25)11-6-15(23)21(8-11)13-4-2-3-5-13/h10-11,13H,2-9H2,1H3,(H,19,20,22)/t11-/m1/s1. The topological polar surface area (TPSA) is 115 Å². The minimum Gasteiger partial charge on any atom is -0.469 e. The number of aromatic nitrogens is 1. The number of anilines is 1. The van der Waals surface area contributed by atoms with E-state index >= 15 is 0 Å². The highest BCUT2D eigenvalue weighted by Crippen LogP contribution is 2.29. The maximum atomic E-state index is 12.2. The fourth-order valence-electron chi connectivity index (χ4n) is 3.53. The highest BCUT2D eigenvalue weighted by Gasteiger charge is 2.39. The summed E-state index contributed by atoms with van der Waals surface area (Å²) in [5.74, 6) is -2.01. The number of nitrogens with zero attached hydrogens (tertiary/aromatic N) is 2. The minimum atomic E-state index is -0.533. The average Bonchev–Trinajstić information content (AvgIpc) is 3.41. The number of likely N-dealkylation sites (tertiary alicyclic amines) is 1. The van der Waals surface area contributed by atoms with Crippen LogP contribution in [0.3, 0.4) is 0 Å². The van der Waals surface area contributed by atoms with Crippen molar-refractivity contribution in [1.29, 1.82) is 0 Å². The van der Waals surface area contributed by atoms with Crippen LogP contribution in [0.4, 0.5) is 5.13 Å². The van der Waals surface area contributed by atoms with Crippen molar-refractivity contribution in [3.05, 3.63) is 11.1 Å². The van der Waals surface area contributed by atoms with Gasteiger partial charge in [-0.05, 0) is 12.8 Å². The molecule has 10 heteroatoms. The first-order valence-electron chi connectivity index (χ1n) is 9.23. The zero-order chi connectivity index (χ0) is 20.1. The summed E-state index contributed by atoms with van der Waals surface area (Å²) in [4.78, 5) is 53.4. The van der Waals surface area contributed by atoms with Gasteiger partial charge in [0, 0.05) is 24.4 Å². The van der Waals surface area contributed by atoms with Crippen LogP contribution in [0.15, 0.2) is 5.38 Å². The molecule has 0 radical (unpaired) electrons. The number of hydrogen-bond donors (Lipinski definition) is 1. The fraction of sp³-hybridized carbons (Fsp3) is 0.611. The normalized spacial score (nSPS) is 19.7. The maximum absolute atomic E-state index is 12.2. The highest BCUT2D eigenvalue weighted by molar-refractivity contribution is 7.13. The number of esters is 2. The van der Waals surface area contributed by atoms with E-state index in [1.165, 1.54) is 7.11 Å². The lowest BCUT2D eigenvalue weighted by Gasteiger charge is -2.23. The molecule has 1 aromatic heterocycles. The van der Waals surface area contributed by atoms with Crippen molar-refractivity contribution in [2.75, 3.05) is 25.6 Å². The second-order valence-electron chi connectivity index (χ2n) is 6.94. The Bertz CT molecular complexity index is 758. The number of carbonyl (C=O) groups excluding carboxylic acids is 4. The molecule has 2 fully saturated rings. The van der Waals surface area contributed by atoms with Gasteiger partial charge >= 0.3 is 11.9 Å². The number of hydrogen-bond acceptors (Lipinski definition) is 8.